The van der Waals surface area contributed by atoms with Crippen molar-refractivity contribution >= 4 is 5.82 Å². The maximum Gasteiger partial charge on any atom is 0.128 e. The smallest absolute Gasteiger partial charge is 0.128 e. The summed E-state index contributed by atoms with van der Waals surface area (Å²) in [5.41, 5.74) is 0.885. The van der Waals surface area contributed by atoms with E-state index in [1.807, 2.05) is 19.2 Å². The Labute approximate surface area is 102 Å². The molecule has 2 rings (SSSR count). The predicted molar refractivity (Wildman–Crippen MR) is 66.9 cm³/mol. The van der Waals surface area contributed by atoms with Crippen LogP contribution in [0.4, 0.5) is 5.82 Å². The number of aliphatic hydroxyl groups is 2. The van der Waals surface area contributed by atoms with Gasteiger partial charge in [-0.25, -0.2) is 4.98 Å². The van der Waals surface area contributed by atoms with Gasteiger partial charge >= 0.3 is 0 Å². The Kier molecular flexibility index (Phi) is 3.64. The Balaban J connectivity index is 1.98. The van der Waals surface area contributed by atoms with Crippen molar-refractivity contribution in [2.75, 3.05) is 18.5 Å². The number of aromatic nitrogens is 1. The molecule has 0 bridgehead atoms. The van der Waals surface area contributed by atoms with E-state index in [1.54, 1.807) is 13.1 Å². The van der Waals surface area contributed by atoms with Gasteiger partial charge in [-0.1, -0.05) is 0 Å². The van der Waals surface area contributed by atoms with Gasteiger partial charge in [0.25, 0.3) is 0 Å². The Morgan fingerprint density at radius 3 is 2.82 bits per heavy atom. The molecule has 1 aromatic rings. The second-order valence-corrected chi connectivity index (χ2v) is 5.00. The molecule has 0 spiro atoms. The van der Waals surface area contributed by atoms with Gasteiger partial charge in [-0.3, -0.25) is 0 Å². The minimum absolute atomic E-state index is 0.106. The van der Waals surface area contributed by atoms with Crippen molar-refractivity contribution in [1.82, 2.24) is 4.98 Å². The molecule has 0 aliphatic heterocycles. The number of aliphatic hydroxyl groups excluding tert-OH is 2. The SMILES string of the molecule is C[C@H](O)c1ccnc(N(C)CC2CC(O)C2)c1. The molecule has 1 aliphatic rings. The van der Waals surface area contributed by atoms with Gasteiger partial charge in [0.1, 0.15) is 5.82 Å². The van der Waals surface area contributed by atoms with Crippen molar-refractivity contribution in [2.24, 2.45) is 5.92 Å². The maximum atomic E-state index is 9.52. The molecule has 4 heteroatoms. The molecule has 0 amide bonds. The van der Waals surface area contributed by atoms with E-state index in [0.717, 1.165) is 30.8 Å². The lowest BCUT2D eigenvalue weighted by Crippen LogP contribution is -2.37. The predicted octanol–water partition coefficient (Wildman–Crippen LogP) is 1.34. The van der Waals surface area contributed by atoms with Crippen LogP contribution in [0.5, 0.6) is 0 Å². The third kappa shape index (κ3) is 2.96. The molecular weight excluding hydrogens is 216 g/mol. The van der Waals surface area contributed by atoms with Crippen LogP contribution in [-0.2, 0) is 0 Å². The lowest BCUT2D eigenvalue weighted by Gasteiger charge is -2.34. The average Bonchev–Trinajstić information content (AvgIpc) is 2.27. The molecule has 0 unspecified atom stereocenters. The van der Waals surface area contributed by atoms with Gasteiger partial charge in [-0.2, -0.15) is 0 Å². The number of rotatable bonds is 4. The first-order valence-corrected chi connectivity index (χ1v) is 6.09. The van der Waals surface area contributed by atoms with Crippen molar-refractivity contribution in [3.8, 4) is 0 Å². The average molecular weight is 236 g/mol. The molecule has 2 N–H and O–H groups in total. The fraction of sp³-hybridized carbons (Fsp3) is 0.615. The second-order valence-electron chi connectivity index (χ2n) is 5.00. The maximum absolute atomic E-state index is 9.52. The zero-order valence-corrected chi connectivity index (χ0v) is 10.4. The van der Waals surface area contributed by atoms with Crippen LogP contribution in [0.2, 0.25) is 0 Å². The summed E-state index contributed by atoms with van der Waals surface area (Å²) in [6.07, 6.45) is 2.94. The Bertz CT molecular complexity index is 375. The lowest BCUT2D eigenvalue weighted by molar-refractivity contribution is 0.0464. The minimum Gasteiger partial charge on any atom is -0.393 e. The molecule has 1 aliphatic carbocycles. The molecular formula is C13H20N2O2. The zero-order chi connectivity index (χ0) is 12.4. The summed E-state index contributed by atoms with van der Waals surface area (Å²) in [5.74, 6) is 1.44. The Hall–Kier alpha value is -1.13. The largest absolute Gasteiger partial charge is 0.393 e. The first-order chi connectivity index (χ1) is 8.06. The van der Waals surface area contributed by atoms with Crippen LogP contribution in [0.15, 0.2) is 18.3 Å². The zero-order valence-electron chi connectivity index (χ0n) is 10.4. The summed E-state index contributed by atoms with van der Waals surface area (Å²) >= 11 is 0. The van der Waals surface area contributed by atoms with Crippen LogP contribution in [0.25, 0.3) is 0 Å². The second kappa shape index (κ2) is 5.02. The summed E-state index contributed by atoms with van der Waals surface area (Å²) in [4.78, 5) is 6.39. The molecule has 0 radical (unpaired) electrons. The topological polar surface area (TPSA) is 56.6 Å². The van der Waals surface area contributed by atoms with Gasteiger partial charge in [0.2, 0.25) is 0 Å². The molecule has 1 heterocycles. The van der Waals surface area contributed by atoms with Gasteiger partial charge in [-0.15, -0.1) is 0 Å². The highest BCUT2D eigenvalue weighted by Gasteiger charge is 2.28. The first kappa shape index (κ1) is 12.3. The van der Waals surface area contributed by atoms with Gasteiger partial charge in [0.05, 0.1) is 12.2 Å². The van der Waals surface area contributed by atoms with E-state index in [2.05, 4.69) is 9.88 Å². The summed E-state index contributed by atoms with van der Waals surface area (Å²) in [5, 5.41) is 18.8. The minimum atomic E-state index is -0.462. The molecule has 1 fully saturated rings. The molecule has 1 saturated carbocycles. The number of pyridine rings is 1. The number of anilines is 1. The van der Waals surface area contributed by atoms with Crippen LogP contribution in [0.1, 0.15) is 31.4 Å². The highest BCUT2D eigenvalue weighted by molar-refractivity contribution is 5.40. The number of hydrogen-bond acceptors (Lipinski definition) is 4. The van der Waals surface area contributed by atoms with E-state index >= 15 is 0 Å². The fourth-order valence-corrected chi connectivity index (χ4v) is 2.23. The van der Waals surface area contributed by atoms with Crippen molar-refractivity contribution in [1.29, 1.82) is 0 Å². The molecule has 1 atom stereocenters. The number of hydrogen-bond donors (Lipinski definition) is 2. The summed E-state index contributed by atoms with van der Waals surface area (Å²) in [6, 6.07) is 3.74. The first-order valence-electron chi connectivity index (χ1n) is 6.09. The highest BCUT2D eigenvalue weighted by atomic mass is 16.3. The summed E-state index contributed by atoms with van der Waals surface area (Å²) in [6.45, 7) is 2.66. The third-order valence-electron chi connectivity index (χ3n) is 3.39. The van der Waals surface area contributed by atoms with Gasteiger partial charge < -0.3 is 15.1 Å². The van der Waals surface area contributed by atoms with E-state index in [9.17, 15) is 10.2 Å². The van der Waals surface area contributed by atoms with Crippen molar-refractivity contribution in [3.63, 3.8) is 0 Å². The van der Waals surface area contributed by atoms with E-state index < -0.39 is 6.10 Å². The van der Waals surface area contributed by atoms with Crippen LogP contribution >= 0.6 is 0 Å². The van der Waals surface area contributed by atoms with Crippen LogP contribution in [0, 0.1) is 5.92 Å². The summed E-state index contributed by atoms with van der Waals surface area (Å²) in [7, 11) is 2.00. The van der Waals surface area contributed by atoms with Gasteiger partial charge in [0, 0.05) is 19.8 Å². The van der Waals surface area contributed by atoms with Crippen LogP contribution < -0.4 is 4.90 Å². The Morgan fingerprint density at radius 2 is 2.24 bits per heavy atom. The van der Waals surface area contributed by atoms with Crippen molar-refractivity contribution < 1.29 is 10.2 Å². The van der Waals surface area contributed by atoms with E-state index in [4.69, 9.17) is 0 Å². The van der Waals surface area contributed by atoms with E-state index in [0.29, 0.717) is 5.92 Å². The van der Waals surface area contributed by atoms with Crippen molar-refractivity contribution in [2.45, 2.75) is 32.0 Å². The highest BCUT2D eigenvalue weighted by Crippen LogP contribution is 2.29. The lowest BCUT2D eigenvalue weighted by atomic mass is 9.82. The quantitative estimate of drug-likeness (QED) is 0.828. The summed E-state index contributed by atoms with van der Waals surface area (Å²) < 4.78 is 0. The molecule has 94 valence electrons. The molecule has 17 heavy (non-hydrogen) atoms. The van der Waals surface area contributed by atoms with E-state index in [-0.39, 0.29) is 6.10 Å². The Morgan fingerprint density at radius 1 is 1.53 bits per heavy atom. The molecule has 0 saturated heterocycles. The monoisotopic (exact) mass is 236 g/mol. The van der Waals surface area contributed by atoms with E-state index in [1.165, 1.54) is 0 Å². The van der Waals surface area contributed by atoms with Crippen LogP contribution in [0.3, 0.4) is 0 Å². The molecule has 0 aromatic carbocycles. The third-order valence-corrected chi connectivity index (χ3v) is 3.39. The van der Waals surface area contributed by atoms with Gasteiger partial charge in [0.15, 0.2) is 0 Å². The number of nitrogens with zero attached hydrogens (tertiary/aromatic N) is 2. The van der Waals surface area contributed by atoms with Crippen molar-refractivity contribution in [3.05, 3.63) is 23.9 Å². The standard InChI is InChI=1S/C13H20N2O2/c1-9(16)11-3-4-14-13(7-11)15(2)8-10-5-12(17)6-10/h3-4,7,9-10,12,16-17H,5-6,8H2,1-2H3/t9-,10?,12?/m0/s1. The molecule has 1 aromatic heterocycles. The van der Waals surface area contributed by atoms with Crippen LogP contribution in [-0.4, -0.2) is 34.9 Å². The fourth-order valence-electron chi connectivity index (χ4n) is 2.23. The normalized spacial score (nSPS) is 25.2. The molecule has 4 nitrogen and oxygen atoms in total. The van der Waals surface area contributed by atoms with Gasteiger partial charge in [-0.05, 0) is 43.4 Å².